The predicted octanol–water partition coefficient (Wildman–Crippen LogP) is 2.51. The van der Waals surface area contributed by atoms with E-state index in [4.69, 9.17) is 9.47 Å². The fourth-order valence-electron chi connectivity index (χ4n) is 2.27. The number of carbonyl (C=O) groups is 2. The molecule has 6 heteroatoms. The van der Waals surface area contributed by atoms with Gasteiger partial charge >= 0.3 is 12.1 Å². The number of hydrogen-bond donors (Lipinski definition) is 0. The Kier molecular flexibility index (Phi) is 4.89. The number of nitrogens with zero attached hydrogens (tertiary/aromatic N) is 1. The molecule has 1 fully saturated rings. The molecule has 2 atom stereocenters. The van der Waals surface area contributed by atoms with Gasteiger partial charge in [-0.05, 0) is 25.0 Å². The Morgan fingerprint density at radius 3 is 2.45 bits per heavy atom. The SMILES string of the molecule is COC(=O)[C@@H]1CCC(Sc2ccccc2)N1C(=O)OC. The van der Waals surface area contributed by atoms with E-state index in [1.807, 2.05) is 30.3 Å². The van der Waals surface area contributed by atoms with Crippen molar-refractivity contribution >= 4 is 23.8 Å². The first-order valence-corrected chi connectivity index (χ1v) is 7.21. The van der Waals surface area contributed by atoms with Gasteiger partial charge in [0.15, 0.2) is 0 Å². The summed E-state index contributed by atoms with van der Waals surface area (Å²) in [5, 5.41) is -0.117. The topological polar surface area (TPSA) is 55.8 Å². The van der Waals surface area contributed by atoms with E-state index in [-0.39, 0.29) is 5.37 Å². The van der Waals surface area contributed by atoms with Crippen LogP contribution in [0.1, 0.15) is 12.8 Å². The molecule has 0 aromatic heterocycles. The van der Waals surface area contributed by atoms with Crippen LogP contribution in [0.2, 0.25) is 0 Å². The van der Waals surface area contributed by atoms with E-state index in [0.717, 1.165) is 11.3 Å². The molecule has 1 aromatic carbocycles. The Hall–Kier alpha value is -1.69. The van der Waals surface area contributed by atoms with Crippen LogP contribution in [0.3, 0.4) is 0 Å². The van der Waals surface area contributed by atoms with Gasteiger partial charge in [0.05, 0.1) is 19.6 Å². The molecule has 0 spiro atoms. The van der Waals surface area contributed by atoms with Crippen LogP contribution >= 0.6 is 11.8 Å². The highest BCUT2D eigenvalue weighted by Gasteiger charge is 2.42. The third kappa shape index (κ3) is 3.07. The van der Waals surface area contributed by atoms with Crippen LogP contribution in [-0.4, -0.2) is 42.6 Å². The fraction of sp³-hybridized carbons (Fsp3) is 0.429. The van der Waals surface area contributed by atoms with E-state index in [2.05, 4.69) is 0 Å². The van der Waals surface area contributed by atoms with Gasteiger partial charge in [-0.3, -0.25) is 4.90 Å². The van der Waals surface area contributed by atoms with Crippen molar-refractivity contribution in [3.05, 3.63) is 30.3 Å². The fourth-order valence-corrected chi connectivity index (χ4v) is 3.50. The van der Waals surface area contributed by atoms with Gasteiger partial charge in [-0.2, -0.15) is 0 Å². The van der Waals surface area contributed by atoms with Gasteiger partial charge in [-0.25, -0.2) is 9.59 Å². The molecule has 1 heterocycles. The van der Waals surface area contributed by atoms with Crippen LogP contribution < -0.4 is 0 Å². The maximum Gasteiger partial charge on any atom is 0.411 e. The summed E-state index contributed by atoms with van der Waals surface area (Å²) in [6, 6.07) is 9.22. The number of amides is 1. The smallest absolute Gasteiger partial charge is 0.411 e. The molecule has 1 unspecified atom stereocenters. The lowest BCUT2D eigenvalue weighted by Gasteiger charge is -2.27. The second-order valence-electron chi connectivity index (χ2n) is 4.38. The number of likely N-dealkylation sites (tertiary alicyclic amines) is 1. The van der Waals surface area contributed by atoms with Crippen molar-refractivity contribution in [1.29, 1.82) is 0 Å². The molecule has 20 heavy (non-hydrogen) atoms. The largest absolute Gasteiger partial charge is 0.467 e. The van der Waals surface area contributed by atoms with Gasteiger partial charge in [-0.1, -0.05) is 18.2 Å². The highest BCUT2D eigenvalue weighted by atomic mass is 32.2. The molecule has 5 nitrogen and oxygen atoms in total. The number of esters is 1. The lowest BCUT2D eigenvalue weighted by Crippen LogP contribution is -2.44. The summed E-state index contributed by atoms with van der Waals surface area (Å²) in [5.74, 6) is -0.397. The summed E-state index contributed by atoms with van der Waals surface area (Å²) >= 11 is 1.55. The van der Waals surface area contributed by atoms with Crippen LogP contribution in [0.25, 0.3) is 0 Å². The van der Waals surface area contributed by atoms with Crippen LogP contribution in [0, 0.1) is 0 Å². The van der Waals surface area contributed by atoms with Crippen LogP contribution in [0.4, 0.5) is 4.79 Å². The Morgan fingerprint density at radius 2 is 1.85 bits per heavy atom. The minimum Gasteiger partial charge on any atom is -0.467 e. The van der Waals surface area contributed by atoms with Crippen molar-refractivity contribution < 1.29 is 19.1 Å². The number of methoxy groups -OCH3 is 2. The second-order valence-corrected chi connectivity index (χ2v) is 5.63. The molecule has 0 aliphatic carbocycles. The third-order valence-electron chi connectivity index (χ3n) is 3.21. The molecule has 0 N–H and O–H groups in total. The third-order valence-corrected chi connectivity index (χ3v) is 4.49. The lowest BCUT2D eigenvalue weighted by atomic mass is 10.2. The minimum atomic E-state index is -0.561. The first kappa shape index (κ1) is 14.7. The van der Waals surface area contributed by atoms with Crippen LogP contribution in [-0.2, 0) is 14.3 Å². The average Bonchev–Trinajstić information content (AvgIpc) is 2.90. The number of rotatable bonds is 3. The molecule has 108 valence electrons. The lowest BCUT2D eigenvalue weighted by molar-refractivity contribution is -0.145. The molecule has 1 aliphatic rings. The molecule has 0 radical (unpaired) electrons. The van der Waals surface area contributed by atoms with Gasteiger partial charge in [0.2, 0.25) is 0 Å². The van der Waals surface area contributed by atoms with Crippen molar-refractivity contribution in [3.63, 3.8) is 0 Å². The molecule has 0 saturated carbocycles. The van der Waals surface area contributed by atoms with E-state index in [9.17, 15) is 9.59 Å². The quantitative estimate of drug-likeness (QED) is 0.802. The van der Waals surface area contributed by atoms with Crippen molar-refractivity contribution in [2.45, 2.75) is 29.2 Å². The summed E-state index contributed by atoms with van der Waals surface area (Å²) < 4.78 is 9.55. The van der Waals surface area contributed by atoms with Gasteiger partial charge in [0.25, 0.3) is 0 Å². The Bertz CT molecular complexity index is 479. The van der Waals surface area contributed by atoms with E-state index < -0.39 is 18.1 Å². The van der Waals surface area contributed by atoms with Crippen molar-refractivity contribution in [2.24, 2.45) is 0 Å². The second kappa shape index (κ2) is 6.65. The van der Waals surface area contributed by atoms with E-state index >= 15 is 0 Å². The van der Waals surface area contributed by atoms with E-state index in [1.165, 1.54) is 19.1 Å². The summed E-state index contributed by atoms with van der Waals surface area (Å²) in [6.45, 7) is 0. The van der Waals surface area contributed by atoms with Gasteiger partial charge < -0.3 is 9.47 Å². The number of hydrogen-bond acceptors (Lipinski definition) is 5. The number of thioether (sulfide) groups is 1. The monoisotopic (exact) mass is 295 g/mol. The maximum absolute atomic E-state index is 11.9. The van der Waals surface area contributed by atoms with Crippen molar-refractivity contribution in [1.82, 2.24) is 4.90 Å². The Morgan fingerprint density at radius 1 is 1.15 bits per heavy atom. The molecular weight excluding hydrogens is 278 g/mol. The van der Waals surface area contributed by atoms with E-state index in [1.54, 1.807) is 11.8 Å². The zero-order valence-corrected chi connectivity index (χ0v) is 12.3. The number of carbonyl (C=O) groups excluding carboxylic acids is 2. The molecule has 1 saturated heterocycles. The van der Waals surface area contributed by atoms with Gasteiger partial charge in [-0.15, -0.1) is 11.8 Å². The van der Waals surface area contributed by atoms with Crippen LogP contribution in [0.15, 0.2) is 35.2 Å². The molecule has 0 bridgehead atoms. The van der Waals surface area contributed by atoms with Gasteiger partial charge in [0.1, 0.15) is 6.04 Å². The van der Waals surface area contributed by atoms with Gasteiger partial charge in [0, 0.05) is 4.90 Å². The molecule has 1 amide bonds. The summed E-state index contributed by atoms with van der Waals surface area (Å²) in [6.07, 6.45) is 0.826. The van der Waals surface area contributed by atoms with Crippen molar-refractivity contribution in [3.8, 4) is 0 Å². The number of ether oxygens (including phenoxy) is 2. The standard InChI is InChI=1S/C14H17NO4S/c1-18-13(16)11-8-9-12(15(11)14(17)19-2)20-10-6-4-3-5-7-10/h3-7,11-12H,8-9H2,1-2H3/t11-,12?/m0/s1. The summed E-state index contributed by atoms with van der Waals surface area (Å²) in [4.78, 5) is 26.2. The molecular formula is C14H17NO4S. The molecule has 1 aromatic rings. The van der Waals surface area contributed by atoms with Crippen molar-refractivity contribution in [2.75, 3.05) is 14.2 Å². The zero-order chi connectivity index (χ0) is 14.5. The Balaban J connectivity index is 2.15. The molecule has 1 aliphatic heterocycles. The predicted molar refractivity (Wildman–Crippen MR) is 75.4 cm³/mol. The van der Waals surface area contributed by atoms with Crippen LogP contribution in [0.5, 0.6) is 0 Å². The summed E-state index contributed by atoms with van der Waals surface area (Å²) in [7, 11) is 2.65. The first-order valence-electron chi connectivity index (χ1n) is 6.33. The van der Waals surface area contributed by atoms with E-state index in [0.29, 0.717) is 6.42 Å². The zero-order valence-electron chi connectivity index (χ0n) is 11.4. The first-order chi connectivity index (χ1) is 9.67. The minimum absolute atomic E-state index is 0.117. The Labute approximate surface area is 122 Å². The number of benzene rings is 1. The summed E-state index contributed by atoms with van der Waals surface area (Å²) in [5.41, 5.74) is 0. The normalized spacial score (nSPS) is 21.6. The molecule has 2 rings (SSSR count). The average molecular weight is 295 g/mol. The highest BCUT2D eigenvalue weighted by Crippen LogP contribution is 2.36. The highest BCUT2D eigenvalue weighted by molar-refractivity contribution is 7.99. The maximum atomic E-state index is 11.9.